The Hall–Kier alpha value is -1.14. The standard InChI is InChI=1S/C15H25N3O3/c1-11-4-10-21-13(11)15(20)18-7-2-3-12(18)14(19)17-8-5-16-6-9-17/h11-13,16H,2-10H2,1H3. The van der Waals surface area contributed by atoms with Gasteiger partial charge in [0, 0.05) is 39.3 Å². The fraction of sp³-hybridized carbons (Fsp3) is 0.867. The summed E-state index contributed by atoms with van der Waals surface area (Å²) >= 11 is 0. The number of hydrogen-bond donors (Lipinski definition) is 1. The summed E-state index contributed by atoms with van der Waals surface area (Å²) in [7, 11) is 0. The van der Waals surface area contributed by atoms with Crippen LogP contribution < -0.4 is 5.32 Å². The van der Waals surface area contributed by atoms with Crippen molar-refractivity contribution in [2.75, 3.05) is 39.3 Å². The highest BCUT2D eigenvalue weighted by atomic mass is 16.5. The SMILES string of the molecule is CC1CCOC1C(=O)N1CCCC1C(=O)N1CCNCC1. The third-order valence-electron chi connectivity index (χ3n) is 4.88. The maximum absolute atomic E-state index is 12.7. The van der Waals surface area contributed by atoms with Crippen molar-refractivity contribution < 1.29 is 14.3 Å². The van der Waals surface area contributed by atoms with E-state index in [0.717, 1.165) is 45.4 Å². The van der Waals surface area contributed by atoms with Gasteiger partial charge in [-0.05, 0) is 25.2 Å². The minimum atomic E-state index is -0.346. The van der Waals surface area contributed by atoms with Gasteiger partial charge in [-0.25, -0.2) is 0 Å². The van der Waals surface area contributed by atoms with Gasteiger partial charge in [-0.3, -0.25) is 9.59 Å². The van der Waals surface area contributed by atoms with Gasteiger partial charge >= 0.3 is 0 Å². The molecule has 6 heteroatoms. The molecule has 3 saturated heterocycles. The van der Waals surface area contributed by atoms with Crippen LogP contribution in [0.15, 0.2) is 0 Å². The molecule has 0 aromatic heterocycles. The van der Waals surface area contributed by atoms with Crippen molar-refractivity contribution in [3.05, 3.63) is 0 Å². The summed E-state index contributed by atoms with van der Waals surface area (Å²) in [5.41, 5.74) is 0. The average Bonchev–Trinajstić information content (AvgIpc) is 3.15. The second kappa shape index (κ2) is 6.32. The van der Waals surface area contributed by atoms with Crippen molar-refractivity contribution in [3.8, 4) is 0 Å². The lowest BCUT2D eigenvalue weighted by molar-refractivity contribution is -0.150. The van der Waals surface area contributed by atoms with Crippen molar-refractivity contribution in [1.29, 1.82) is 0 Å². The van der Waals surface area contributed by atoms with Crippen LogP contribution >= 0.6 is 0 Å². The van der Waals surface area contributed by atoms with E-state index in [1.165, 1.54) is 0 Å². The Balaban J connectivity index is 1.67. The summed E-state index contributed by atoms with van der Waals surface area (Å²) in [6.07, 6.45) is 2.28. The van der Waals surface area contributed by atoms with Crippen LogP contribution in [0.2, 0.25) is 0 Å². The molecule has 0 bridgehead atoms. The van der Waals surface area contributed by atoms with Crippen LogP contribution in [0.3, 0.4) is 0 Å². The third kappa shape index (κ3) is 2.92. The highest BCUT2D eigenvalue weighted by Gasteiger charge is 2.42. The molecular weight excluding hydrogens is 270 g/mol. The number of ether oxygens (including phenoxy) is 1. The van der Waals surface area contributed by atoms with Crippen molar-refractivity contribution >= 4 is 11.8 Å². The van der Waals surface area contributed by atoms with Crippen LogP contribution in [0.5, 0.6) is 0 Å². The first kappa shape index (κ1) is 14.8. The number of nitrogens with one attached hydrogen (secondary N) is 1. The molecule has 1 N–H and O–H groups in total. The first-order valence-corrected chi connectivity index (χ1v) is 8.10. The lowest BCUT2D eigenvalue weighted by Gasteiger charge is -2.34. The molecule has 0 aromatic rings. The van der Waals surface area contributed by atoms with E-state index in [2.05, 4.69) is 12.2 Å². The van der Waals surface area contributed by atoms with E-state index in [0.29, 0.717) is 13.2 Å². The number of piperazine rings is 1. The molecule has 0 radical (unpaired) electrons. The molecule has 3 rings (SSSR count). The van der Waals surface area contributed by atoms with Crippen molar-refractivity contribution in [2.24, 2.45) is 5.92 Å². The number of carbonyl (C=O) groups excluding carboxylic acids is 2. The Morgan fingerprint density at radius 1 is 1.10 bits per heavy atom. The molecule has 3 unspecified atom stereocenters. The van der Waals surface area contributed by atoms with Gasteiger partial charge in [0.2, 0.25) is 5.91 Å². The van der Waals surface area contributed by atoms with Gasteiger partial charge < -0.3 is 19.9 Å². The zero-order valence-corrected chi connectivity index (χ0v) is 12.7. The second-order valence-corrected chi connectivity index (χ2v) is 6.32. The lowest BCUT2D eigenvalue weighted by Crippen LogP contribution is -2.55. The van der Waals surface area contributed by atoms with Crippen LogP contribution in [0, 0.1) is 5.92 Å². The highest BCUT2D eigenvalue weighted by Crippen LogP contribution is 2.27. The highest BCUT2D eigenvalue weighted by molar-refractivity contribution is 5.90. The van der Waals surface area contributed by atoms with Gasteiger partial charge in [0.05, 0.1) is 0 Å². The minimum absolute atomic E-state index is 0.0194. The molecule has 118 valence electrons. The molecule has 3 atom stereocenters. The molecule has 3 aliphatic heterocycles. The molecule has 3 aliphatic rings. The molecular formula is C15H25N3O3. The van der Waals surface area contributed by atoms with Gasteiger partial charge in [-0.15, -0.1) is 0 Å². The molecule has 0 aromatic carbocycles. The summed E-state index contributed by atoms with van der Waals surface area (Å²) in [5, 5.41) is 3.25. The quantitative estimate of drug-likeness (QED) is 0.768. The van der Waals surface area contributed by atoms with Crippen LogP contribution in [0.4, 0.5) is 0 Å². The normalized spacial score (nSPS) is 33.5. The molecule has 21 heavy (non-hydrogen) atoms. The van der Waals surface area contributed by atoms with Crippen LogP contribution in [0.25, 0.3) is 0 Å². The zero-order valence-electron chi connectivity index (χ0n) is 12.7. The van der Waals surface area contributed by atoms with Crippen LogP contribution in [0.1, 0.15) is 26.2 Å². The maximum atomic E-state index is 12.7. The molecule has 3 fully saturated rings. The average molecular weight is 295 g/mol. The summed E-state index contributed by atoms with van der Waals surface area (Å²) in [4.78, 5) is 29.0. The fourth-order valence-corrected chi connectivity index (χ4v) is 3.56. The first-order valence-electron chi connectivity index (χ1n) is 8.10. The molecule has 0 aliphatic carbocycles. The number of carbonyl (C=O) groups is 2. The predicted octanol–water partition coefficient (Wildman–Crippen LogP) is -0.166. The Morgan fingerprint density at radius 2 is 1.86 bits per heavy atom. The van der Waals surface area contributed by atoms with E-state index < -0.39 is 0 Å². The fourth-order valence-electron chi connectivity index (χ4n) is 3.56. The Kier molecular flexibility index (Phi) is 4.45. The van der Waals surface area contributed by atoms with E-state index >= 15 is 0 Å². The van der Waals surface area contributed by atoms with E-state index in [4.69, 9.17) is 4.74 Å². The van der Waals surface area contributed by atoms with Crippen molar-refractivity contribution in [2.45, 2.75) is 38.3 Å². The molecule has 3 heterocycles. The zero-order chi connectivity index (χ0) is 14.8. The van der Waals surface area contributed by atoms with Gasteiger partial charge in [0.15, 0.2) is 0 Å². The predicted molar refractivity (Wildman–Crippen MR) is 77.7 cm³/mol. The van der Waals surface area contributed by atoms with Crippen molar-refractivity contribution in [3.63, 3.8) is 0 Å². The summed E-state index contributed by atoms with van der Waals surface area (Å²) in [5.74, 6) is 0.395. The number of hydrogen-bond acceptors (Lipinski definition) is 4. The molecule has 0 spiro atoms. The number of likely N-dealkylation sites (tertiary alicyclic amines) is 1. The topological polar surface area (TPSA) is 61.9 Å². The summed E-state index contributed by atoms with van der Waals surface area (Å²) in [6.45, 7) is 6.57. The molecule has 6 nitrogen and oxygen atoms in total. The lowest BCUT2D eigenvalue weighted by atomic mass is 10.0. The van der Waals surface area contributed by atoms with Crippen molar-refractivity contribution in [1.82, 2.24) is 15.1 Å². The van der Waals surface area contributed by atoms with E-state index in [-0.39, 0.29) is 29.9 Å². The van der Waals surface area contributed by atoms with Crippen LogP contribution in [-0.4, -0.2) is 73.1 Å². The van der Waals surface area contributed by atoms with Gasteiger partial charge in [0.25, 0.3) is 5.91 Å². The molecule has 0 saturated carbocycles. The number of nitrogens with zero attached hydrogens (tertiary/aromatic N) is 2. The summed E-state index contributed by atoms with van der Waals surface area (Å²) < 4.78 is 5.59. The monoisotopic (exact) mass is 295 g/mol. The first-order chi connectivity index (χ1) is 10.2. The Labute approximate surface area is 125 Å². The van der Waals surface area contributed by atoms with E-state index in [1.54, 1.807) is 4.90 Å². The Bertz CT molecular complexity index is 409. The largest absolute Gasteiger partial charge is 0.368 e. The smallest absolute Gasteiger partial charge is 0.252 e. The van der Waals surface area contributed by atoms with Crippen LogP contribution in [-0.2, 0) is 14.3 Å². The third-order valence-corrected chi connectivity index (χ3v) is 4.88. The van der Waals surface area contributed by atoms with Gasteiger partial charge in [-0.1, -0.05) is 6.92 Å². The Morgan fingerprint density at radius 3 is 2.52 bits per heavy atom. The molecule has 2 amide bonds. The van der Waals surface area contributed by atoms with Gasteiger partial charge in [0.1, 0.15) is 12.1 Å². The second-order valence-electron chi connectivity index (χ2n) is 6.32. The van der Waals surface area contributed by atoms with Gasteiger partial charge in [-0.2, -0.15) is 0 Å². The maximum Gasteiger partial charge on any atom is 0.252 e. The minimum Gasteiger partial charge on any atom is -0.368 e. The van der Waals surface area contributed by atoms with E-state index in [9.17, 15) is 9.59 Å². The van der Waals surface area contributed by atoms with E-state index in [1.807, 2.05) is 4.90 Å². The number of amides is 2. The summed E-state index contributed by atoms with van der Waals surface area (Å²) in [6, 6.07) is -0.271. The number of rotatable bonds is 2.